The number of carbonyl (C=O) groups excluding carboxylic acids is 2. The topological polar surface area (TPSA) is 110 Å². The highest BCUT2D eigenvalue weighted by Gasteiger charge is 2.34. The van der Waals surface area contributed by atoms with E-state index in [0.717, 1.165) is 28.8 Å². The number of alkyl halides is 3. The standard InChI is InChI=1S/C23H18ClF3N6O2S/c1-11-3-15(28-7-11)16-6-17(32-10-31-16)18(34)4-12(2)22-30-9-19(36-22)21(35)33-20-5-13(23(25,26)27)14(24)8-29-20/h5-10,12H,3-4H2,1-2H3,(H,29,33,35). The number of aromatic nitrogens is 4. The van der Waals surface area contributed by atoms with E-state index in [2.05, 4.69) is 30.2 Å². The number of ketones is 1. The molecule has 3 aromatic heterocycles. The van der Waals surface area contributed by atoms with Crippen LogP contribution in [0.1, 0.15) is 69.0 Å². The van der Waals surface area contributed by atoms with E-state index in [0.29, 0.717) is 23.2 Å². The summed E-state index contributed by atoms with van der Waals surface area (Å²) in [4.78, 5) is 46.0. The fourth-order valence-electron chi connectivity index (χ4n) is 3.36. The fraction of sp³-hybridized carbons (Fsp3) is 0.261. The van der Waals surface area contributed by atoms with E-state index in [9.17, 15) is 22.8 Å². The van der Waals surface area contributed by atoms with Crippen LogP contribution < -0.4 is 5.32 Å². The van der Waals surface area contributed by atoms with Gasteiger partial charge in [0.15, 0.2) is 5.78 Å². The van der Waals surface area contributed by atoms with Gasteiger partial charge in [0.05, 0.1) is 33.2 Å². The fourth-order valence-corrected chi connectivity index (χ4v) is 4.44. The van der Waals surface area contributed by atoms with Gasteiger partial charge in [0.1, 0.15) is 22.7 Å². The number of hydrogen-bond donors (Lipinski definition) is 1. The predicted molar refractivity (Wildman–Crippen MR) is 129 cm³/mol. The molecule has 1 amide bonds. The van der Waals surface area contributed by atoms with E-state index in [4.69, 9.17) is 11.6 Å². The first-order chi connectivity index (χ1) is 17.0. The lowest BCUT2D eigenvalue weighted by Gasteiger charge is -2.10. The summed E-state index contributed by atoms with van der Waals surface area (Å²) < 4.78 is 39.1. The molecule has 4 rings (SSSR count). The molecule has 1 atom stereocenters. The van der Waals surface area contributed by atoms with Gasteiger partial charge in [0.2, 0.25) is 0 Å². The van der Waals surface area contributed by atoms with Gasteiger partial charge in [-0.25, -0.2) is 19.9 Å². The number of Topliss-reactive ketones (excluding diaryl/α,β-unsaturated/α-hetero) is 1. The monoisotopic (exact) mass is 534 g/mol. The zero-order chi connectivity index (χ0) is 26.0. The lowest BCUT2D eigenvalue weighted by atomic mass is 10.0. The molecule has 0 aromatic carbocycles. The van der Waals surface area contributed by atoms with Gasteiger partial charge in [-0.3, -0.25) is 14.6 Å². The van der Waals surface area contributed by atoms with Gasteiger partial charge in [-0.1, -0.05) is 18.5 Å². The third-order valence-electron chi connectivity index (χ3n) is 5.20. The molecule has 0 bridgehead atoms. The van der Waals surface area contributed by atoms with Crippen LogP contribution in [-0.4, -0.2) is 37.3 Å². The number of nitrogens with one attached hydrogen (secondary N) is 1. The van der Waals surface area contributed by atoms with Crippen molar-refractivity contribution in [3.63, 3.8) is 0 Å². The summed E-state index contributed by atoms with van der Waals surface area (Å²) in [5, 5.41) is 2.26. The number of pyridine rings is 1. The van der Waals surface area contributed by atoms with Crippen LogP contribution in [0.2, 0.25) is 5.02 Å². The summed E-state index contributed by atoms with van der Waals surface area (Å²) in [6, 6.07) is 2.27. The largest absolute Gasteiger partial charge is 0.418 e. The van der Waals surface area contributed by atoms with Crippen LogP contribution in [-0.2, 0) is 6.18 Å². The number of thiazole rings is 1. The summed E-state index contributed by atoms with van der Waals surface area (Å²) >= 11 is 6.59. The summed E-state index contributed by atoms with van der Waals surface area (Å²) in [5.74, 6) is -1.53. The molecule has 4 heterocycles. The van der Waals surface area contributed by atoms with E-state index in [-0.39, 0.29) is 34.5 Å². The van der Waals surface area contributed by atoms with Gasteiger partial charge in [-0.05, 0) is 24.6 Å². The quantitative estimate of drug-likeness (QED) is 0.388. The van der Waals surface area contributed by atoms with Crippen molar-refractivity contribution < 1.29 is 22.8 Å². The molecule has 8 nitrogen and oxygen atoms in total. The summed E-state index contributed by atoms with van der Waals surface area (Å²) in [5.41, 5.74) is 1.60. The van der Waals surface area contributed by atoms with Crippen LogP contribution in [0.3, 0.4) is 0 Å². The Morgan fingerprint density at radius 3 is 2.64 bits per heavy atom. The minimum absolute atomic E-state index is 0.0858. The molecule has 0 aliphatic carbocycles. The zero-order valence-corrected chi connectivity index (χ0v) is 20.5. The van der Waals surface area contributed by atoms with Crippen molar-refractivity contribution in [2.24, 2.45) is 4.99 Å². The molecule has 0 saturated carbocycles. The molecule has 13 heteroatoms. The van der Waals surface area contributed by atoms with Crippen molar-refractivity contribution in [1.29, 1.82) is 0 Å². The number of carbonyl (C=O) groups is 2. The molecule has 0 fully saturated rings. The van der Waals surface area contributed by atoms with Crippen molar-refractivity contribution >= 4 is 46.2 Å². The number of amides is 1. The van der Waals surface area contributed by atoms with Crippen LogP contribution >= 0.6 is 22.9 Å². The summed E-state index contributed by atoms with van der Waals surface area (Å²) in [6.45, 7) is 3.74. The first kappa shape index (κ1) is 25.6. The average Bonchev–Trinajstić information content (AvgIpc) is 3.49. The van der Waals surface area contributed by atoms with E-state index in [1.54, 1.807) is 19.2 Å². The Balaban J connectivity index is 1.41. The van der Waals surface area contributed by atoms with Crippen molar-refractivity contribution in [3.8, 4) is 0 Å². The Labute approximate surface area is 212 Å². The van der Waals surface area contributed by atoms with E-state index < -0.39 is 22.7 Å². The summed E-state index contributed by atoms with van der Waals surface area (Å²) in [7, 11) is 0. The van der Waals surface area contributed by atoms with Gasteiger partial charge in [-0.2, -0.15) is 13.2 Å². The number of rotatable bonds is 7. The first-order valence-corrected chi connectivity index (χ1v) is 11.8. The normalized spacial score (nSPS) is 14.3. The molecule has 3 aromatic rings. The Bertz CT molecular complexity index is 1400. The van der Waals surface area contributed by atoms with Crippen molar-refractivity contribution in [2.75, 3.05) is 5.32 Å². The Kier molecular flexibility index (Phi) is 7.27. The molecule has 1 unspecified atom stereocenters. The number of allylic oxidation sites excluding steroid dienone is 1. The lowest BCUT2D eigenvalue weighted by Crippen LogP contribution is -2.13. The maximum absolute atomic E-state index is 13.0. The number of anilines is 1. The zero-order valence-electron chi connectivity index (χ0n) is 18.9. The molecule has 36 heavy (non-hydrogen) atoms. The Morgan fingerprint density at radius 2 is 1.94 bits per heavy atom. The maximum atomic E-state index is 13.0. The number of aliphatic imine (C=N–C) groups is 1. The van der Waals surface area contributed by atoms with Gasteiger partial charge in [-0.15, -0.1) is 11.3 Å². The molecule has 1 N–H and O–H groups in total. The third-order valence-corrected chi connectivity index (χ3v) is 6.73. The molecule has 1 aliphatic rings. The second-order valence-electron chi connectivity index (χ2n) is 8.11. The van der Waals surface area contributed by atoms with E-state index >= 15 is 0 Å². The Morgan fingerprint density at radius 1 is 1.17 bits per heavy atom. The highest BCUT2D eigenvalue weighted by molar-refractivity contribution is 7.13. The highest BCUT2D eigenvalue weighted by Crippen LogP contribution is 2.35. The minimum Gasteiger partial charge on any atom is -0.306 e. The molecular weight excluding hydrogens is 517 g/mol. The van der Waals surface area contributed by atoms with Crippen LogP contribution in [0.15, 0.2) is 47.6 Å². The van der Waals surface area contributed by atoms with E-state index in [1.807, 2.05) is 6.92 Å². The predicted octanol–water partition coefficient (Wildman–Crippen LogP) is 5.73. The van der Waals surface area contributed by atoms with Crippen molar-refractivity contribution in [2.45, 2.75) is 38.8 Å². The second-order valence-corrected chi connectivity index (χ2v) is 9.58. The summed E-state index contributed by atoms with van der Waals surface area (Å²) in [6.07, 6.45) is 1.26. The van der Waals surface area contributed by atoms with Gasteiger partial charge >= 0.3 is 6.18 Å². The molecule has 0 saturated heterocycles. The van der Waals surface area contributed by atoms with Crippen LogP contribution in [0, 0.1) is 0 Å². The molecule has 186 valence electrons. The van der Waals surface area contributed by atoms with Crippen molar-refractivity contribution in [3.05, 3.63) is 74.5 Å². The number of nitrogens with zero attached hydrogens (tertiary/aromatic N) is 5. The average molecular weight is 535 g/mol. The van der Waals surface area contributed by atoms with Gasteiger partial charge < -0.3 is 5.32 Å². The minimum atomic E-state index is -4.69. The number of halogens is 4. The molecule has 0 spiro atoms. The smallest absolute Gasteiger partial charge is 0.306 e. The van der Waals surface area contributed by atoms with Crippen LogP contribution in [0.25, 0.3) is 0 Å². The SMILES string of the molecule is CC1=CN=C(c2cc(C(=O)CC(C)c3ncc(C(=O)Nc4cc(C(F)(F)F)c(Cl)cn4)s3)ncn2)C1. The second kappa shape index (κ2) is 10.2. The van der Waals surface area contributed by atoms with E-state index in [1.165, 1.54) is 12.5 Å². The highest BCUT2D eigenvalue weighted by atomic mass is 35.5. The molecular formula is C23H18ClF3N6O2S. The van der Waals surface area contributed by atoms with Crippen LogP contribution in [0.5, 0.6) is 0 Å². The molecule has 0 radical (unpaired) electrons. The first-order valence-electron chi connectivity index (χ1n) is 10.6. The van der Waals surface area contributed by atoms with Gasteiger partial charge in [0, 0.05) is 31.2 Å². The lowest BCUT2D eigenvalue weighted by molar-refractivity contribution is -0.137. The third kappa shape index (κ3) is 5.82. The Hall–Kier alpha value is -3.51. The van der Waals surface area contributed by atoms with Crippen molar-refractivity contribution in [1.82, 2.24) is 19.9 Å². The molecule has 1 aliphatic heterocycles. The maximum Gasteiger partial charge on any atom is 0.418 e. The van der Waals surface area contributed by atoms with Gasteiger partial charge in [0.25, 0.3) is 5.91 Å². The van der Waals surface area contributed by atoms with Crippen LogP contribution in [0.4, 0.5) is 19.0 Å². The number of hydrogen-bond acceptors (Lipinski definition) is 8.